The van der Waals surface area contributed by atoms with Crippen LogP contribution in [0.2, 0.25) is 0 Å². The molecule has 0 bridgehead atoms. The number of hydrogen-bond acceptors (Lipinski definition) is 3. The molecule has 0 atom stereocenters. The van der Waals surface area contributed by atoms with E-state index in [9.17, 15) is 0 Å². The van der Waals surface area contributed by atoms with E-state index in [-0.39, 0.29) is 10.8 Å². The first kappa shape index (κ1) is 37.0. The average Bonchev–Trinajstić information content (AvgIpc) is 3.85. The Morgan fingerprint density at radius 1 is 0.375 bits per heavy atom. The molecule has 0 radical (unpaired) electrons. The zero-order valence-electron chi connectivity index (χ0n) is 36.4. The van der Waals surface area contributed by atoms with Crippen molar-refractivity contribution in [3.63, 3.8) is 0 Å². The monoisotopic (exact) mass is 823 g/mol. The zero-order chi connectivity index (χ0) is 42.9. The molecule has 12 aromatic rings. The summed E-state index contributed by atoms with van der Waals surface area (Å²) < 4.78 is 4.79. The summed E-state index contributed by atoms with van der Waals surface area (Å²) in [5, 5.41) is 12.2. The highest BCUT2D eigenvalue weighted by atomic mass is 15.2. The highest BCUT2D eigenvalue weighted by molar-refractivity contribution is 6.27. The Kier molecular flexibility index (Phi) is 7.76. The van der Waals surface area contributed by atoms with E-state index in [0.29, 0.717) is 17.6 Å². The maximum Gasteiger partial charge on any atom is 0.238 e. The van der Waals surface area contributed by atoms with Crippen LogP contribution in [-0.2, 0) is 10.8 Å². The summed E-state index contributed by atoms with van der Waals surface area (Å²) in [5.41, 5.74) is 10.4. The molecule has 13 rings (SSSR count). The second-order valence-corrected chi connectivity index (χ2v) is 19.1. The first-order valence-corrected chi connectivity index (χ1v) is 22.5. The molecule has 1 aliphatic carbocycles. The van der Waals surface area contributed by atoms with Gasteiger partial charge in [-0.25, -0.2) is 4.98 Å². The first-order valence-electron chi connectivity index (χ1n) is 22.5. The fourth-order valence-electron chi connectivity index (χ4n) is 11.0. The van der Waals surface area contributed by atoms with Crippen molar-refractivity contribution in [2.24, 2.45) is 0 Å². The lowest BCUT2D eigenvalue weighted by Gasteiger charge is -2.42. The molecule has 306 valence electrons. The smallest absolute Gasteiger partial charge is 0.238 e. The molecule has 0 fully saturated rings. The fourth-order valence-corrected chi connectivity index (χ4v) is 11.0. The van der Waals surface area contributed by atoms with Crippen molar-refractivity contribution < 1.29 is 0 Å². The predicted octanol–water partition coefficient (Wildman–Crippen LogP) is 15.2. The maximum atomic E-state index is 5.54. The molecule has 0 saturated carbocycles. The summed E-state index contributed by atoms with van der Waals surface area (Å²) in [6, 6.07) is 63.8. The maximum absolute atomic E-state index is 5.54. The third kappa shape index (κ3) is 5.34. The minimum absolute atomic E-state index is 0.00785. The van der Waals surface area contributed by atoms with Gasteiger partial charge in [-0.05, 0) is 110 Å². The molecule has 0 spiro atoms. The van der Waals surface area contributed by atoms with Gasteiger partial charge in [-0.3, -0.25) is 4.57 Å². The number of hydrogen-bond donors (Lipinski definition) is 0. The summed E-state index contributed by atoms with van der Waals surface area (Å²) in [5.74, 6) is 1.87. The lowest BCUT2D eigenvalue weighted by molar-refractivity contribution is 0.332. The third-order valence-electron chi connectivity index (χ3n) is 14.4. The number of nitrogens with zero attached hydrogens (tertiary/aromatic N) is 5. The Hall–Kier alpha value is -7.63. The second kappa shape index (κ2) is 13.4. The number of para-hydroxylation sites is 2. The van der Waals surface area contributed by atoms with E-state index in [4.69, 9.17) is 15.0 Å². The van der Waals surface area contributed by atoms with Crippen LogP contribution < -0.4 is 0 Å². The molecular weight excluding hydrogens is 779 g/mol. The molecular formula is C59H45N5. The molecule has 0 amide bonds. The number of aromatic nitrogens is 5. The van der Waals surface area contributed by atoms with Crippen molar-refractivity contribution in [3.8, 4) is 34.4 Å². The van der Waals surface area contributed by atoms with Crippen molar-refractivity contribution in [2.75, 3.05) is 0 Å². The molecule has 1 aliphatic rings. The van der Waals surface area contributed by atoms with Crippen LogP contribution in [0.25, 0.3) is 110 Å². The standard InChI is InChI=1S/C59H45N5/c1-58(2)31-32-59(3,4)49-35-52-47(34-48(49)58)53-51(30-29-45-44-25-15-16-26-50(44)63(54(45)53)38-19-9-6-10-20-38)64(52)57-61-55(36-17-7-5-8-18-36)60-56(62-57)37-27-28-43-41-23-12-11-21-39(41)40-22-13-14-24-42(40)46(43)33-37/h5-30,33-35H,31-32H2,1-4H3. The van der Waals surface area contributed by atoms with Gasteiger partial charge in [0, 0.05) is 38.4 Å². The van der Waals surface area contributed by atoms with Crippen LogP contribution in [0.4, 0.5) is 0 Å². The van der Waals surface area contributed by atoms with E-state index in [1.807, 2.05) is 6.07 Å². The summed E-state index contributed by atoms with van der Waals surface area (Å²) in [6.45, 7) is 9.66. The Labute approximate surface area is 371 Å². The van der Waals surface area contributed by atoms with Crippen LogP contribution >= 0.6 is 0 Å². The van der Waals surface area contributed by atoms with E-state index in [2.05, 4.69) is 207 Å². The SMILES string of the molecule is CC1(C)CCC(C)(C)c2cc3c(cc21)c1c(ccc2c4ccccc4n(-c4ccccc4)c21)n3-c1nc(-c2ccccc2)nc(-c2ccc3c4ccccc4c4ccccc4c3c2)n1. The number of rotatable bonds is 4. The van der Waals surface area contributed by atoms with Crippen LogP contribution in [0.1, 0.15) is 51.7 Å². The predicted molar refractivity (Wildman–Crippen MR) is 267 cm³/mol. The van der Waals surface area contributed by atoms with Crippen LogP contribution in [0, 0.1) is 0 Å². The Morgan fingerprint density at radius 3 is 1.58 bits per heavy atom. The Bertz CT molecular complexity index is 3860. The van der Waals surface area contributed by atoms with Gasteiger partial charge in [0.25, 0.3) is 0 Å². The lowest BCUT2D eigenvalue weighted by atomic mass is 9.63. The van der Waals surface area contributed by atoms with E-state index in [1.165, 1.54) is 76.0 Å². The average molecular weight is 824 g/mol. The highest BCUT2D eigenvalue weighted by Gasteiger charge is 2.38. The minimum atomic E-state index is -0.00785. The molecule has 64 heavy (non-hydrogen) atoms. The summed E-state index contributed by atoms with van der Waals surface area (Å²) in [7, 11) is 0. The van der Waals surface area contributed by atoms with Gasteiger partial charge in [0.05, 0.1) is 22.1 Å². The lowest BCUT2D eigenvalue weighted by Crippen LogP contribution is -2.33. The largest absolute Gasteiger partial charge is 0.309 e. The van der Waals surface area contributed by atoms with Crippen molar-refractivity contribution in [1.29, 1.82) is 0 Å². The van der Waals surface area contributed by atoms with Crippen LogP contribution in [0.3, 0.4) is 0 Å². The van der Waals surface area contributed by atoms with Gasteiger partial charge in [0.15, 0.2) is 11.6 Å². The third-order valence-corrected chi connectivity index (χ3v) is 14.4. The van der Waals surface area contributed by atoms with Gasteiger partial charge < -0.3 is 4.57 Å². The molecule has 0 saturated heterocycles. The van der Waals surface area contributed by atoms with E-state index < -0.39 is 0 Å². The van der Waals surface area contributed by atoms with Gasteiger partial charge in [0.2, 0.25) is 5.95 Å². The normalized spacial score (nSPS) is 14.7. The van der Waals surface area contributed by atoms with Gasteiger partial charge >= 0.3 is 0 Å². The van der Waals surface area contributed by atoms with Crippen molar-refractivity contribution in [2.45, 2.75) is 51.4 Å². The molecule has 9 aromatic carbocycles. The quantitative estimate of drug-likeness (QED) is 0.166. The van der Waals surface area contributed by atoms with Gasteiger partial charge in [0.1, 0.15) is 0 Å². The molecule has 5 nitrogen and oxygen atoms in total. The molecule has 3 aromatic heterocycles. The van der Waals surface area contributed by atoms with E-state index >= 15 is 0 Å². The topological polar surface area (TPSA) is 48.5 Å². The van der Waals surface area contributed by atoms with Crippen LogP contribution in [0.15, 0.2) is 176 Å². The highest BCUT2D eigenvalue weighted by Crippen LogP contribution is 2.50. The van der Waals surface area contributed by atoms with Gasteiger partial charge in [-0.15, -0.1) is 0 Å². The van der Waals surface area contributed by atoms with Crippen molar-refractivity contribution in [1.82, 2.24) is 24.1 Å². The van der Waals surface area contributed by atoms with Gasteiger partial charge in [-0.1, -0.05) is 161 Å². The summed E-state index contributed by atoms with van der Waals surface area (Å²) in [4.78, 5) is 16.3. The Balaban J connectivity index is 1.17. The fraction of sp³-hybridized carbons (Fsp3) is 0.136. The van der Waals surface area contributed by atoms with Crippen molar-refractivity contribution >= 4 is 75.9 Å². The zero-order valence-corrected chi connectivity index (χ0v) is 36.4. The molecule has 0 unspecified atom stereocenters. The van der Waals surface area contributed by atoms with E-state index in [0.717, 1.165) is 40.7 Å². The van der Waals surface area contributed by atoms with E-state index in [1.54, 1.807) is 0 Å². The summed E-state index contributed by atoms with van der Waals surface area (Å²) >= 11 is 0. The molecule has 5 heteroatoms. The van der Waals surface area contributed by atoms with Crippen LogP contribution in [-0.4, -0.2) is 24.1 Å². The second-order valence-electron chi connectivity index (χ2n) is 19.1. The van der Waals surface area contributed by atoms with Crippen molar-refractivity contribution in [3.05, 3.63) is 187 Å². The summed E-state index contributed by atoms with van der Waals surface area (Å²) in [6.07, 6.45) is 2.25. The first-order chi connectivity index (χ1) is 31.2. The number of fused-ring (bicyclic) bond motifs is 14. The molecule has 0 N–H and O–H groups in total. The Morgan fingerprint density at radius 2 is 0.906 bits per heavy atom. The van der Waals surface area contributed by atoms with Gasteiger partial charge in [-0.2, -0.15) is 9.97 Å². The van der Waals surface area contributed by atoms with Crippen LogP contribution in [0.5, 0.6) is 0 Å². The molecule has 3 heterocycles. The minimum Gasteiger partial charge on any atom is -0.309 e. The number of benzene rings is 9. The molecule has 0 aliphatic heterocycles.